The molecule has 0 unspecified atom stereocenters. The normalized spacial score (nSPS) is 11.0. The highest BCUT2D eigenvalue weighted by molar-refractivity contribution is 6.30. The van der Waals surface area contributed by atoms with Gasteiger partial charge in [0.25, 0.3) is 0 Å². The Bertz CT molecular complexity index is 966. The van der Waals surface area contributed by atoms with Gasteiger partial charge in [0, 0.05) is 5.02 Å². The van der Waals surface area contributed by atoms with Crippen molar-refractivity contribution in [3.8, 4) is 5.75 Å². The van der Waals surface area contributed by atoms with Crippen molar-refractivity contribution in [2.75, 3.05) is 0 Å². The Hall–Kier alpha value is -3.12. The second-order valence-electron chi connectivity index (χ2n) is 5.56. The summed E-state index contributed by atoms with van der Waals surface area (Å²) < 4.78 is 10.8. The fourth-order valence-electron chi connectivity index (χ4n) is 2.39. The molecule has 0 amide bonds. The predicted octanol–water partition coefficient (Wildman–Crippen LogP) is 5.29. The minimum Gasteiger partial charge on any atom is -0.489 e. The van der Waals surface area contributed by atoms with E-state index in [1.165, 1.54) is 13.0 Å². The van der Waals surface area contributed by atoms with Crippen LogP contribution in [-0.2, 0) is 6.61 Å². The molecular formula is C19H15ClN2O4. The van der Waals surface area contributed by atoms with Crippen LogP contribution in [0, 0.1) is 17.0 Å². The van der Waals surface area contributed by atoms with Gasteiger partial charge in [-0.1, -0.05) is 47.1 Å². The molecule has 6 nitrogen and oxygen atoms in total. The lowest BCUT2D eigenvalue weighted by Gasteiger charge is -2.07. The van der Waals surface area contributed by atoms with Gasteiger partial charge in [-0.2, -0.15) is 0 Å². The van der Waals surface area contributed by atoms with Crippen molar-refractivity contribution >= 4 is 29.4 Å². The van der Waals surface area contributed by atoms with Crippen molar-refractivity contribution in [1.82, 2.24) is 5.16 Å². The van der Waals surface area contributed by atoms with Crippen LogP contribution in [0.15, 0.2) is 53.1 Å². The summed E-state index contributed by atoms with van der Waals surface area (Å²) in [5.41, 5.74) is 1.89. The largest absolute Gasteiger partial charge is 0.489 e. The van der Waals surface area contributed by atoms with Crippen LogP contribution in [0.4, 0.5) is 5.69 Å². The molecule has 0 spiro atoms. The smallest absolute Gasteiger partial charge is 0.338 e. The Morgan fingerprint density at radius 1 is 1.23 bits per heavy atom. The van der Waals surface area contributed by atoms with E-state index in [4.69, 9.17) is 20.9 Å². The molecule has 1 aromatic heterocycles. The minimum atomic E-state index is -0.504. The Morgan fingerprint density at radius 2 is 2.04 bits per heavy atom. The number of benzene rings is 2. The van der Waals surface area contributed by atoms with Gasteiger partial charge < -0.3 is 9.26 Å². The lowest BCUT2D eigenvalue weighted by Crippen LogP contribution is -1.95. The van der Waals surface area contributed by atoms with Crippen LogP contribution in [0.1, 0.15) is 22.6 Å². The molecule has 0 saturated carbocycles. The van der Waals surface area contributed by atoms with E-state index in [1.807, 2.05) is 42.5 Å². The molecule has 1 heterocycles. The van der Waals surface area contributed by atoms with E-state index >= 15 is 0 Å². The second-order valence-corrected chi connectivity index (χ2v) is 6.00. The second kappa shape index (κ2) is 7.84. The standard InChI is InChI=1S/C19H15ClN2O4/c1-13-19(22(23)24)18(26-21-13)9-8-14-4-3-7-17(11-14)25-12-15-5-2-6-16(20)10-15/h2-11H,12H2,1H3/b9-8+. The Morgan fingerprint density at radius 3 is 2.81 bits per heavy atom. The van der Waals surface area contributed by atoms with Crippen LogP contribution in [-0.4, -0.2) is 10.1 Å². The number of hydrogen-bond acceptors (Lipinski definition) is 5. The molecule has 2 aromatic carbocycles. The molecule has 3 rings (SSSR count). The van der Waals surface area contributed by atoms with E-state index in [0.717, 1.165) is 11.1 Å². The number of aromatic nitrogens is 1. The first kappa shape index (κ1) is 17.7. The summed E-state index contributed by atoms with van der Waals surface area (Å²) >= 11 is 5.96. The van der Waals surface area contributed by atoms with Crippen molar-refractivity contribution in [2.24, 2.45) is 0 Å². The number of rotatable bonds is 6. The first-order valence-corrected chi connectivity index (χ1v) is 8.17. The van der Waals surface area contributed by atoms with E-state index in [2.05, 4.69) is 5.16 Å². The van der Waals surface area contributed by atoms with Crippen molar-refractivity contribution < 1.29 is 14.2 Å². The Balaban J connectivity index is 1.72. The topological polar surface area (TPSA) is 78.4 Å². The summed E-state index contributed by atoms with van der Waals surface area (Å²) in [5.74, 6) is 0.785. The number of halogens is 1. The third-order valence-corrected chi connectivity index (χ3v) is 3.85. The fourth-order valence-corrected chi connectivity index (χ4v) is 2.60. The third kappa shape index (κ3) is 4.29. The quantitative estimate of drug-likeness (QED) is 0.435. The molecule has 132 valence electrons. The van der Waals surface area contributed by atoms with Crippen molar-refractivity contribution in [3.63, 3.8) is 0 Å². The fraction of sp³-hybridized carbons (Fsp3) is 0.105. The van der Waals surface area contributed by atoms with Gasteiger partial charge in [0.1, 0.15) is 12.4 Å². The number of hydrogen-bond donors (Lipinski definition) is 0. The van der Waals surface area contributed by atoms with Crippen molar-refractivity contribution in [2.45, 2.75) is 13.5 Å². The third-order valence-electron chi connectivity index (χ3n) is 3.62. The molecule has 0 aliphatic carbocycles. The van der Waals surface area contributed by atoms with Crippen LogP contribution in [0.3, 0.4) is 0 Å². The van der Waals surface area contributed by atoms with Gasteiger partial charge in [-0.15, -0.1) is 0 Å². The highest BCUT2D eigenvalue weighted by Crippen LogP contribution is 2.25. The Kier molecular flexibility index (Phi) is 5.34. The Labute approximate surface area is 154 Å². The first-order chi connectivity index (χ1) is 12.5. The average Bonchev–Trinajstić information content (AvgIpc) is 2.99. The van der Waals surface area contributed by atoms with Crippen LogP contribution < -0.4 is 4.74 Å². The van der Waals surface area contributed by atoms with Crippen molar-refractivity contribution in [3.05, 3.63) is 86.2 Å². The van der Waals surface area contributed by atoms with Gasteiger partial charge in [0.2, 0.25) is 5.76 Å². The zero-order valence-corrected chi connectivity index (χ0v) is 14.6. The summed E-state index contributed by atoms with van der Waals surface area (Å²) in [6.45, 7) is 1.92. The summed E-state index contributed by atoms with van der Waals surface area (Å²) in [5, 5.41) is 15.3. The first-order valence-electron chi connectivity index (χ1n) is 7.79. The van der Waals surface area contributed by atoms with Gasteiger partial charge in [0.15, 0.2) is 5.69 Å². The van der Waals surface area contributed by atoms with Gasteiger partial charge in [0.05, 0.1) is 4.92 Å². The van der Waals surface area contributed by atoms with Gasteiger partial charge >= 0.3 is 5.69 Å². The zero-order chi connectivity index (χ0) is 18.5. The lowest BCUT2D eigenvalue weighted by atomic mass is 10.2. The number of nitrogens with zero attached hydrogens (tertiary/aromatic N) is 2. The van der Waals surface area contributed by atoms with Gasteiger partial charge in [-0.3, -0.25) is 10.1 Å². The molecule has 0 bridgehead atoms. The number of aryl methyl sites for hydroxylation is 1. The highest BCUT2D eigenvalue weighted by Gasteiger charge is 2.21. The summed E-state index contributed by atoms with van der Waals surface area (Å²) in [7, 11) is 0. The maximum atomic E-state index is 11.1. The number of nitro groups is 1. The summed E-state index contributed by atoms with van der Waals surface area (Å²) in [4.78, 5) is 10.6. The lowest BCUT2D eigenvalue weighted by molar-refractivity contribution is -0.386. The molecule has 26 heavy (non-hydrogen) atoms. The maximum absolute atomic E-state index is 11.1. The molecular weight excluding hydrogens is 356 g/mol. The van der Waals surface area contributed by atoms with Crippen LogP contribution in [0.5, 0.6) is 5.75 Å². The molecule has 0 fully saturated rings. The van der Waals surface area contributed by atoms with E-state index < -0.39 is 4.92 Å². The van der Waals surface area contributed by atoms with Crippen molar-refractivity contribution in [1.29, 1.82) is 0 Å². The molecule has 0 aliphatic rings. The molecule has 7 heteroatoms. The van der Waals surface area contributed by atoms with E-state index in [9.17, 15) is 10.1 Å². The summed E-state index contributed by atoms with van der Waals surface area (Å²) in [6, 6.07) is 14.8. The van der Waals surface area contributed by atoms with E-state index in [-0.39, 0.29) is 17.1 Å². The van der Waals surface area contributed by atoms with Crippen LogP contribution in [0.2, 0.25) is 5.02 Å². The van der Waals surface area contributed by atoms with Gasteiger partial charge in [-0.25, -0.2) is 0 Å². The predicted molar refractivity (Wildman–Crippen MR) is 99.0 cm³/mol. The minimum absolute atomic E-state index is 0.109. The number of ether oxygens (including phenoxy) is 1. The molecule has 0 aliphatic heterocycles. The molecule has 0 atom stereocenters. The average molecular weight is 371 g/mol. The van der Waals surface area contributed by atoms with Crippen LogP contribution >= 0.6 is 11.6 Å². The van der Waals surface area contributed by atoms with Crippen LogP contribution in [0.25, 0.3) is 12.2 Å². The maximum Gasteiger partial charge on any atom is 0.338 e. The van der Waals surface area contributed by atoms with E-state index in [1.54, 1.807) is 12.1 Å². The van der Waals surface area contributed by atoms with E-state index in [0.29, 0.717) is 17.4 Å². The summed E-state index contributed by atoms with van der Waals surface area (Å²) in [6.07, 6.45) is 3.23. The molecule has 0 N–H and O–H groups in total. The SMILES string of the molecule is Cc1noc(/C=C/c2cccc(OCc3cccc(Cl)c3)c2)c1[N+](=O)[O-]. The molecule has 3 aromatic rings. The molecule has 0 saturated heterocycles. The zero-order valence-electron chi connectivity index (χ0n) is 13.9. The molecule has 0 radical (unpaired) electrons. The monoisotopic (exact) mass is 370 g/mol. The van der Waals surface area contributed by atoms with Gasteiger partial charge in [-0.05, 0) is 48.4 Å². The highest BCUT2D eigenvalue weighted by atomic mass is 35.5.